The Morgan fingerprint density at radius 3 is 2.67 bits per heavy atom. The van der Waals surface area contributed by atoms with Crippen LogP contribution in [0.15, 0.2) is 60.8 Å². The molecule has 0 saturated carbocycles. The number of benzene rings is 2. The zero-order valence-corrected chi connectivity index (χ0v) is 18.0. The minimum absolute atomic E-state index is 0.0904. The van der Waals surface area contributed by atoms with Crippen LogP contribution in [0.5, 0.6) is 0 Å². The predicted molar refractivity (Wildman–Crippen MR) is 125 cm³/mol. The van der Waals surface area contributed by atoms with Gasteiger partial charge in [-0.25, -0.2) is 13.5 Å². The summed E-state index contributed by atoms with van der Waals surface area (Å²) < 4.78 is 35.0. The van der Waals surface area contributed by atoms with Crippen molar-refractivity contribution in [2.24, 2.45) is 0 Å². The fourth-order valence-electron chi connectivity index (χ4n) is 4.09. The summed E-state index contributed by atoms with van der Waals surface area (Å²) in [5.41, 5.74) is 4.00. The van der Waals surface area contributed by atoms with E-state index in [2.05, 4.69) is 10.3 Å². The van der Waals surface area contributed by atoms with E-state index in [0.29, 0.717) is 12.1 Å². The number of nitrogens with zero attached hydrogens (tertiary/aromatic N) is 3. The summed E-state index contributed by atoms with van der Waals surface area (Å²) in [4.78, 5) is 4.35. The van der Waals surface area contributed by atoms with Gasteiger partial charge >= 0.3 is 0 Å². The van der Waals surface area contributed by atoms with Crippen LogP contribution in [0.4, 0.5) is 14.5 Å². The van der Waals surface area contributed by atoms with Crippen molar-refractivity contribution in [3.63, 3.8) is 0 Å². The molecule has 1 fully saturated rings. The lowest BCUT2D eigenvalue weighted by atomic mass is 10.1. The molecule has 2 aromatic heterocycles. The smallest absolute Gasteiger partial charge is 0.150 e. The number of fused-ring (bicyclic) bond motifs is 1. The quantitative estimate of drug-likeness (QED) is 0.384. The van der Waals surface area contributed by atoms with Crippen LogP contribution in [-0.4, -0.2) is 21.4 Å². The molecule has 0 spiro atoms. The molecule has 1 atom stereocenters. The molecular formula is C26H24F2N4O. The van der Waals surface area contributed by atoms with Gasteiger partial charge in [0.25, 0.3) is 0 Å². The molecule has 0 aliphatic carbocycles. The molecule has 5 rings (SSSR count). The Labute approximate surface area is 190 Å². The molecule has 0 radical (unpaired) electrons. The van der Waals surface area contributed by atoms with E-state index in [1.165, 1.54) is 12.1 Å². The molecule has 5 nitrogen and oxygen atoms in total. The van der Waals surface area contributed by atoms with Crippen LogP contribution in [0.3, 0.4) is 0 Å². The first-order chi connectivity index (χ1) is 16.2. The third-order valence-corrected chi connectivity index (χ3v) is 5.68. The standard InChI is InChI=1S/C26H24F2N4O/c27-19-13-18(14-20(28)15-19)17-30-22-8-10-25-23(16-22)24(9-7-21-5-1-3-11-29-21)31-32(25)26-6-2-4-12-33-26/h1,3,5,7-11,13-16,26,30H,2,4,6,12,17H2/b9-7+. The van der Waals surface area contributed by atoms with Crippen molar-refractivity contribution in [3.05, 3.63) is 89.4 Å². The van der Waals surface area contributed by atoms with Crippen molar-refractivity contribution in [1.29, 1.82) is 0 Å². The molecule has 1 N–H and O–H groups in total. The molecule has 1 aliphatic heterocycles. The largest absolute Gasteiger partial charge is 0.381 e. The van der Waals surface area contributed by atoms with Crippen molar-refractivity contribution in [2.45, 2.75) is 32.0 Å². The van der Waals surface area contributed by atoms with E-state index >= 15 is 0 Å². The molecule has 1 aliphatic rings. The summed E-state index contributed by atoms with van der Waals surface area (Å²) in [6.45, 7) is 1.04. The number of halogens is 2. The van der Waals surface area contributed by atoms with Crippen molar-refractivity contribution >= 4 is 28.7 Å². The molecule has 7 heteroatoms. The molecule has 1 saturated heterocycles. The molecule has 0 bridgehead atoms. The van der Waals surface area contributed by atoms with Gasteiger partial charge < -0.3 is 10.1 Å². The number of hydrogen-bond donors (Lipinski definition) is 1. The highest BCUT2D eigenvalue weighted by atomic mass is 19.1. The molecule has 2 aromatic carbocycles. The lowest BCUT2D eigenvalue weighted by Gasteiger charge is -2.23. The number of nitrogens with one attached hydrogen (secondary N) is 1. The van der Waals surface area contributed by atoms with Crippen LogP contribution < -0.4 is 5.32 Å². The maximum absolute atomic E-state index is 13.5. The first kappa shape index (κ1) is 21.3. The highest BCUT2D eigenvalue weighted by Crippen LogP contribution is 2.30. The van der Waals surface area contributed by atoms with Crippen molar-refractivity contribution in [1.82, 2.24) is 14.8 Å². The summed E-state index contributed by atoms with van der Waals surface area (Å²) in [5, 5.41) is 9.08. The second-order valence-corrected chi connectivity index (χ2v) is 8.10. The minimum atomic E-state index is -0.585. The van der Waals surface area contributed by atoms with Gasteiger partial charge in [-0.3, -0.25) is 4.98 Å². The van der Waals surface area contributed by atoms with Gasteiger partial charge in [0.05, 0.1) is 16.9 Å². The topological polar surface area (TPSA) is 52.0 Å². The molecular weight excluding hydrogens is 422 g/mol. The predicted octanol–water partition coefficient (Wildman–Crippen LogP) is 6.19. The zero-order valence-electron chi connectivity index (χ0n) is 18.0. The van der Waals surface area contributed by atoms with Crippen LogP contribution in [0.1, 0.15) is 42.4 Å². The average molecular weight is 447 g/mol. The van der Waals surface area contributed by atoms with Gasteiger partial charge in [-0.05, 0) is 79.4 Å². The lowest BCUT2D eigenvalue weighted by molar-refractivity contribution is -0.0367. The van der Waals surface area contributed by atoms with E-state index in [9.17, 15) is 8.78 Å². The van der Waals surface area contributed by atoms with E-state index in [1.807, 2.05) is 53.2 Å². The SMILES string of the molecule is Fc1cc(F)cc(CNc2ccc3c(c2)c(/C=C/c2ccccn2)nn3C2CCCCO2)c1. The van der Waals surface area contributed by atoms with Crippen LogP contribution in [0.25, 0.3) is 23.1 Å². The van der Waals surface area contributed by atoms with E-state index in [1.54, 1.807) is 6.20 Å². The maximum atomic E-state index is 13.5. The van der Waals surface area contributed by atoms with Crippen molar-refractivity contribution in [3.8, 4) is 0 Å². The fraction of sp³-hybridized carbons (Fsp3) is 0.231. The van der Waals surface area contributed by atoms with Crippen molar-refractivity contribution < 1.29 is 13.5 Å². The Morgan fingerprint density at radius 2 is 1.91 bits per heavy atom. The Hall–Kier alpha value is -3.58. The number of pyridine rings is 1. The summed E-state index contributed by atoms with van der Waals surface area (Å²) in [6, 6.07) is 15.2. The van der Waals surface area contributed by atoms with E-state index < -0.39 is 11.6 Å². The minimum Gasteiger partial charge on any atom is -0.381 e. The highest BCUT2D eigenvalue weighted by Gasteiger charge is 2.20. The van der Waals surface area contributed by atoms with Gasteiger partial charge in [0.1, 0.15) is 11.6 Å². The summed E-state index contributed by atoms with van der Waals surface area (Å²) in [7, 11) is 0. The number of rotatable bonds is 6. The maximum Gasteiger partial charge on any atom is 0.150 e. The molecule has 168 valence electrons. The number of ether oxygens (including phenoxy) is 1. The Kier molecular flexibility index (Phi) is 6.13. The molecule has 33 heavy (non-hydrogen) atoms. The lowest BCUT2D eigenvalue weighted by Crippen LogP contribution is -2.19. The van der Waals surface area contributed by atoms with Gasteiger partial charge in [-0.15, -0.1) is 0 Å². The Bertz CT molecular complexity index is 1260. The Morgan fingerprint density at radius 1 is 1.03 bits per heavy atom. The number of hydrogen-bond acceptors (Lipinski definition) is 4. The third kappa shape index (κ3) is 4.93. The highest BCUT2D eigenvalue weighted by molar-refractivity contribution is 5.92. The van der Waals surface area contributed by atoms with Crippen molar-refractivity contribution in [2.75, 3.05) is 11.9 Å². The fourth-order valence-corrected chi connectivity index (χ4v) is 4.09. The second kappa shape index (κ2) is 9.50. The average Bonchev–Trinajstić information content (AvgIpc) is 3.20. The number of anilines is 1. The third-order valence-electron chi connectivity index (χ3n) is 5.68. The van der Waals surface area contributed by atoms with Gasteiger partial charge in [0.2, 0.25) is 0 Å². The van der Waals surface area contributed by atoms with Gasteiger partial charge in [-0.2, -0.15) is 5.10 Å². The van der Waals surface area contributed by atoms with E-state index in [0.717, 1.165) is 59.9 Å². The Balaban J connectivity index is 1.47. The normalized spacial score (nSPS) is 16.5. The van der Waals surface area contributed by atoms with Crippen LogP contribution >= 0.6 is 0 Å². The molecule has 0 amide bonds. The second-order valence-electron chi connectivity index (χ2n) is 8.10. The monoisotopic (exact) mass is 446 g/mol. The van der Waals surface area contributed by atoms with Gasteiger partial charge in [0.15, 0.2) is 6.23 Å². The first-order valence-corrected chi connectivity index (χ1v) is 11.1. The van der Waals surface area contributed by atoms with Crippen LogP contribution in [-0.2, 0) is 11.3 Å². The molecule has 3 heterocycles. The van der Waals surface area contributed by atoms with E-state index in [-0.39, 0.29) is 6.23 Å². The molecule has 1 unspecified atom stereocenters. The first-order valence-electron chi connectivity index (χ1n) is 11.1. The summed E-state index contributed by atoms with van der Waals surface area (Å²) in [6.07, 6.45) is 8.65. The number of aromatic nitrogens is 3. The van der Waals surface area contributed by atoms with Crippen LogP contribution in [0.2, 0.25) is 0 Å². The summed E-state index contributed by atoms with van der Waals surface area (Å²) in [5.74, 6) is -1.17. The van der Waals surface area contributed by atoms with Gasteiger partial charge in [0, 0.05) is 36.5 Å². The van der Waals surface area contributed by atoms with Gasteiger partial charge in [-0.1, -0.05) is 6.07 Å². The molecule has 4 aromatic rings. The van der Waals surface area contributed by atoms with Crippen LogP contribution in [0, 0.1) is 11.6 Å². The van der Waals surface area contributed by atoms with E-state index in [4.69, 9.17) is 9.84 Å². The summed E-state index contributed by atoms with van der Waals surface area (Å²) >= 11 is 0. The zero-order chi connectivity index (χ0) is 22.6.